The molecule has 0 spiro atoms. The van der Waals surface area contributed by atoms with Crippen molar-refractivity contribution in [2.24, 2.45) is 0 Å². The summed E-state index contributed by atoms with van der Waals surface area (Å²) in [5, 5.41) is 9.06. The minimum Gasteiger partial charge on any atom is -0.497 e. The maximum Gasteiger partial charge on any atom is 0.189 e. The lowest BCUT2D eigenvalue weighted by Crippen LogP contribution is -2.47. The predicted molar refractivity (Wildman–Crippen MR) is 111 cm³/mol. The third kappa shape index (κ3) is 3.81. The molecule has 28 heavy (non-hydrogen) atoms. The van der Waals surface area contributed by atoms with Crippen molar-refractivity contribution in [1.29, 1.82) is 0 Å². The number of benzene rings is 2. The largest absolute Gasteiger partial charge is 0.497 e. The van der Waals surface area contributed by atoms with Crippen LogP contribution in [0.3, 0.4) is 0 Å². The second kappa shape index (κ2) is 8.17. The van der Waals surface area contributed by atoms with Gasteiger partial charge < -0.3 is 14.7 Å². The van der Waals surface area contributed by atoms with E-state index in [1.165, 1.54) is 5.69 Å². The Hall–Kier alpha value is -2.63. The number of fused-ring (bicyclic) bond motifs is 1. The smallest absolute Gasteiger partial charge is 0.189 e. The normalized spacial score (nSPS) is 18.6. The van der Waals surface area contributed by atoms with Crippen LogP contribution in [0.15, 0.2) is 48.0 Å². The molecule has 2 aromatic rings. The first-order valence-electron chi connectivity index (χ1n) is 9.78. The number of allylic oxidation sites excluding steroid dienone is 1. The molecule has 4 rings (SSSR count). The topological polar surface area (TPSA) is 53.0 Å². The molecule has 1 heterocycles. The number of aliphatic hydroxyl groups is 1. The van der Waals surface area contributed by atoms with Gasteiger partial charge in [-0.25, -0.2) is 0 Å². The molecule has 0 saturated carbocycles. The summed E-state index contributed by atoms with van der Waals surface area (Å²) in [7, 11) is 1.64. The van der Waals surface area contributed by atoms with Crippen molar-refractivity contribution in [2.45, 2.75) is 6.42 Å². The summed E-state index contributed by atoms with van der Waals surface area (Å²) in [4.78, 5) is 17.3. The number of carbonyl (C=O) groups excluding carboxylic acids is 1. The van der Waals surface area contributed by atoms with Crippen molar-refractivity contribution < 1.29 is 14.6 Å². The van der Waals surface area contributed by atoms with Gasteiger partial charge >= 0.3 is 0 Å². The van der Waals surface area contributed by atoms with Crippen molar-refractivity contribution in [3.63, 3.8) is 0 Å². The first kappa shape index (κ1) is 18.7. The number of aliphatic hydroxyl groups excluding tert-OH is 1. The third-order valence-corrected chi connectivity index (χ3v) is 5.62. The van der Waals surface area contributed by atoms with Gasteiger partial charge in [-0.1, -0.05) is 12.1 Å². The van der Waals surface area contributed by atoms with Gasteiger partial charge in [-0.15, -0.1) is 0 Å². The van der Waals surface area contributed by atoms with Gasteiger partial charge in [0.2, 0.25) is 0 Å². The van der Waals surface area contributed by atoms with E-state index in [9.17, 15) is 4.79 Å². The molecule has 0 bridgehead atoms. The number of ether oxygens (including phenoxy) is 1. The highest BCUT2D eigenvalue weighted by molar-refractivity contribution is 6.15. The van der Waals surface area contributed by atoms with Crippen LogP contribution in [0.4, 0.5) is 5.69 Å². The van der Waals surface area contributed by atoms with E-state index in [1.54, 1.807) is 7.11 Å². The Kier molecular flexibility index (Phi) is 5.46. The Bertz CT molecular complexity index is 881. The maximum absolute atomic E-state index is 12.7. The molecule has 5 heteroatoms. The number of hydrogen-bond donors (Lipinski definition) is 1. The zero-order valence-corrected chi connectivity index (χ0v) is 16.2. The second-order valence-electron chi connectivity index (χ2n) is 7.34. The molecular formula is C23H26N2O3. The first-order valence-corrected chi connectivity index (χ1v) is 9.78. The molecule has 2 aliphatic rings. The van der Waals surface area contributed by atoms with E-state index >= 15 is 0 Å². The lowest BCUT2D eigenvalue weighted by atomic mass is 10.1. The molecule has 0 aromatic heterocycles. The van der Waals surface area contributed by atoms with Crippen LogP contribution in [0.1, 0.15) is 21.5 Å². The summed E-state index contributed by atoms with van der Waals surface area (Å²) >= 11 is 0. The Balaban J connectivity index is 1.44. The van der Waals surface area contributed by atoms with Crippen LogP contribution in [0.5, 0.6) is 5.75 Å². The second-order valence-corrected chi connectivity index (χ2v) is 7.34. The van der Waals surface area contributed by atoms with Crippen LogP contribution in [0.25, 0.3) is 6.08 Å². The molecule has 1 fully saturated rings. The summed E-state index contributed by atoms with van der Waals surface area (Å²) < 4.78 is 5.27. The zero-order chi connectivity index (χ0) is 19.5. The van der Waals surface area contributed by atoms with Gasteiger partial charge in [0.1, 0.15) is 5.75 Å². The molecule has 146 valence electrons. The molecule has 0 atom stereocenters. The van der Waals surface area contributed by atoms with E-state index in [-0.39, 0.29) is 12.4 Å². The van der Waals surface area contributed by atoms with Crippen LogP contribution in [0.2, 0.25) is 0 Å². The van der Waals surface area contributed by atoms with E-state index in [2.05, 4.69) is 34.1 Å². The first-order chi connectivity index (χ1) is 13.7. The van der Waals surface area contributed by atoms with E-state index in [0.29, 0.717) is 6.42 Å². The van der Waals surface area contributed by atoms with Crippen LogP contribution in [-0.2, 0) is 6.42 Å². The molecule has 2 aromatic carbocycles. The number of methoxy groups -OCH3 is 1. The van der Waals surface area contributed by atoms with Crippen molar-refractivity contribution in [3.8, 4) is 5.75 Å². The van der Waals surface area contributed by atoms with Gasteiger partial charge in [0, 0.05) is 56.0 Å². The molecule has 0 radical (unpaired) electrons. The highest BCUT2D eigenvalue weighted by atomic mass is 16.5. The summed E-state index contributed by atoms with van der Waals surface area (Å²) in [5.74, 6) is 0.901. The highest BCUT2D eigenvalue weighted by Gasteiger charge is 2.25. The number of piperazine rings is 1. The van der Waals surface area contributed by atoms with Crippen molar-refractivity contribution in [2.75, 3.05) is 51.3 Å². The number of Topliss-reactive ketones (excluding diaryl/α,β-unsaturated/α-hetero) is 1. The third-order valence-electron chi connectivity index (χ3n) is 5.62. The lowest BCUT2D eigenvalue weighted by Gasteiger charge is -2.35. The SMILES string of the molecule is COc1ccc2c(c1)C/C(=C/c1ccc(N3CCN(CCO)CC3)cc1)C2=O. The zero-order valence-electron chi connectivity index (χ0n) is 16.2. The number of β-amino-alcohol motifs (C(OH)–C–C–N with tert-alkyl or cyclic N) is 1. The van der Waals surface area contributed by atoms with Crippen molar-refractivity contribution in [1.82, 2.24) is 4.90 Å². The van der Waals surface area contributed by atoms with Gasteiger partial charge in [0.25, 0.3) is 0 Å². The minimum absolute atomic E-state index is 0.113. The van der Waals surface area contributed by atoms with Gasteiger partial charge in [0.15, 0.2) is 5.78 Å². The maximum atomic E-state index is 12.7. The lowest BCUT2D eigenvalue weighted by molar-refractivity contribution is 0.104. The van der Waals surface area contributed by atoms with Gasteiger partial charge in [-0.3, -0.25) is 9.69 Å². The minimum atomic E-state index is 0.113. The highest BCUT2D eigenvalue weighted by Crippen LogP contribution is 2.31. The average Bonchev–Trinajstić information content (AvgIpc) is 3.04. The quantitative estimate of drug-likeness (QED) is 0.811. The van der Waals surface area contributed by atoms with E-state index < -0.39 is 0 Å². The van der Waals surface area contributed by atoms with E-state index in [4.69, 9.17) is 9.84 Å². The number of rotatable bonds is 5. The fraction of sp³-hybridized carbons (Fsp3) is 0.348. The van der Waals surface area contributed by atoms with Crippen LogP contribution < -0.4 is 9.64 Å². The fourth-order valence-corrected chi connectivity index (χ4v) is 3.99. The average molecular weight is 378 g/mol. The number of nitrogens with zero attached hydrogens (tertiary/aromatic N) is 2. The summed E-state index contributed by atoms with van der Waals surface area (Å²) in [6.45, 7) is 4.86. The van der Waals surface area contributed by atoms with Crippen LogP contribution in [0, 0.1) is 0 Å². The molecule has 1 aliphatic heterocycles. The predicted octanol–water partition coefficient (Wildman–Crippen LogP) is 2.63. The number of anilines is 1. The van der Waals surface area contributed by atoms with Gasteiger partial charge in [-0.05, 0) is 47.5 Å². The van der Waals surface area contributed by atoms with Gasteiger partial charge in [0.05, 0.1) is 13.7 Å². The van der Waals surface area contributed by atoms with Crippen molar-refractivity contribution >= 4 is 17.5 Å². The standard InChI is InChI=1S/C23H26N2O3/c1-28-21-6-7-22-18(16-21)15-19(23(22)27)14-17-2-4-20(5-3-17)25-10-8-24(9-11-25)12-13-26/h2-7,14,16,26H,8-13,15H2,1H3/b19-14-. The Labute approximate surface area is 165 Å². The van der Waals surface area contributed by atoms with E-state index in [1.807, 2.05) is 24.3 Å². The Morgan fingerprint density at radius 2 is 1.82 bits per heavy atom. The van der Waals surface area contributed by atoms with Crippen LogP contribution >= 0.6 is 0 Å². The number of carbonyl (C=O) groups is 1. The molecule has 5 nitrogen and oxygen atoms in total. The molecule has 0 unspecified atom stereocenters. The summed E-state index contributed by atoms with van der Waals surface area (Å²) in [6, 6.07) is 14.1. The Morgan fingerprint density at radius 1 is 1.07 bits per heavy atom. The summed E-state index contributed by atoms with van der Waals surface area (Å²) in [5.41, 5.74) is 4.90. The van der Waals surface area contributed by atoms with E-state index in [0.717, 1.165) is 60.7 Å². The molecular weight excluding hydrogens is 352 g/mol. The van der Waals surface area contributed by atoms with Gasteiger partial charge in [-0.2, -0.15) is 0 Å². The molecule has 1 N–H and O–H groups in total. The van der Waals surface area contributed by atoms with Crippen molar-refractivity contribution in [3.05, 3.63) is 64.7 Å². The fourth-order valence-electron chi connectivity index (χ4n) is 3.99. The monoisotopic (exact) mass is 378 g/mol. The molecule has 1 aliphatic carbocycles. The summed E-state index contributed by atoms with van der Waals surface area (Å²) in [6.07, 6.45) is 2.65. The Morgan fingerprint density at radius 3 is 2.50 bits per heavy atom. The molecule has 0 amide bonds. The number of ketones is 1. The molecule has 1 saturated heterocycles. The van der Waals surface area contributed by atoms with Crippen LogP contribution in [-0.4, -0.2) is 62.2 Å². The number of hydrogen-bond acceptors (Lipinski definition) is 5.